The SMILES string of the molecule is Cc1ccc(SC#N)c2cnccc12. The number of thiocyanates is 1. The highest BCUT2D eigenvalue weighted by molar-refractivity contribution is 8.04. The Hall–Kier alpha value is -1.53. The fourth-order valence-corrected chi connectivity index (χ4v) is 1.96. The van der Waals surface area contributed by atoms with E-state index in [9.17, 15) is 0 Å². The van der Waals surface area contributed by atoms with Crippen LogP contribution < -0.4 is 0 Å². The predicted octanol–water partition coefficient (Wildman–Crippen LogP) is 3.12. The van der Waals surface area contributed by atoms with Crippen molar-refractivity contribution in [1.29, 1.82) is 5.26 Å². The van der Waals surface area contributed by atoms with Crippen LogP contribution in [0.2, 0.25) is 0 Å². The molecule has 1 aromatic carbocycles. The Kier molecular flexibility index (Phi) is 2.38. The lowest BCUT2D eigenvalue weighted by atomic mass is 10.1. The first-order valence-corrected chi connectivity index (χ1v) is 5.04. The Labute approximate surface area is 86.6 Å². The van der Waals surface area contributed by atoms with E-state index in [1.807, 2.05) is 24.4 Å². The molecule has 2 nitrogen and oxygen atoms in total. The first kappa shape index (κ1) is 9.04. The molecular weight excluding hydrogens is 192 g/mol. The molecule has 0 aliphatic carbocycles. The molecule has 0 atom stereocenters. The van der Waals surface area contributed by atoms with Gasteiger partial charge in [-0.2, -0.15) is 5.26 Å². The van der Waals surface area contributed by atoms with Crippen molar-refractivity contribution in [3.05, 3.63) is 36.2 Å². The van der Waals surface area contributed by atoms with Crippen LogP contribution in [0.15, 0.2) is 35.5 Å². The summed E-state index contributed by atoms with van der Waals surface area (Å²) in [5.74, 6) is 0. The molecule has 0 saturated carbocycles. The largest absolute Gasteiger partial charge is 0.264 e. The third-order valence-corrected chi connectivity index (χ3v) is 2.82. The molecule has 0 aliphatic heterocycles. The number of pyridine rings is 1. The molecule has 0 aliphatic rings. The lowest BCUT2D eigenvalue weighted by molar-refractivity contribution is 1.33. The van der Waals surface area contributed by atoms with Gasteiger partial charge in [-0.25, -0.2) is 0 Å². The summed E-state index contributed by atoms with van der Waals surface area (Å²) in [6, 6.07) is 5.97. The Morgan fingerprint density at radius 1 is 1.29 bits per heavy atom. The summed E-state index contributed by atoms with van der Waals surface area (Å²) in [6.45, 7) is 2.06. The quantitative estimate of drug-likeness (QED) is 0.524. The second-order valence-electron chi connectivity index (χ2n) is 3.00. The van der Waals surface area contributed by atoms with Gasteiger partial charge >= 0.3 is 0 Å². The summed E-state index contributed by atoms with van der Waals surface area (Å²) < 4.78 is 0. The fraction of sp³-hybridized carbons (Fsp3) is 0.0909. The highest BCUT2D eigenvalue weighted by Gasteiger charge is 2.03. The van der Waals surface area contributed by atoms with Gasteiger partial charge in [0.2, 0.25) is 0 Å². The molecule has 0 spiro atoms. The maximum atomic E-state index is 8.64. The average Bonchev–Trinajstić information content (AvgIpc) is 2.23. The molecule has 0 N–H and O–H groups in total. The van der Waals surface area contributed by atoms with E-state index in [0.717, 1.165) is 10.3 Å². The third kappa shape index (κ3) is 1.45. The summed E-state index contributed by atoms with van der Waals surface area (Å²) in [7, 11) is 0. The van der Waals surface area contributed by atoms with E-state index in [0.29, 0.717) is 0 Å². The van der Waals surface area contributed by atoms with Crippen molar-refractivity contribution in [2.24, 2.45) is 0 Å². The zero-order chi connectivity index (χ0) is 9.97. The van der Waals surface area contributed by atoms with Crippen LogP contribution in [0.4, 0.5) is 0 Å². The number of nitriles is 1. The summed E-state index contributed by atoms with van der Waals surface area (Å²) in [5.41, 5.74) is 1.21. The van der Waals surface area contributed by atoms with Crippen LogP contribution >= 0.6 is 11.8 Å². The standard InChI is InChI=1S/C11H8N2S/c1-8-2-3-11(14-7-12)10-6-13-5-4-9(8)10/h2-6H,1H3. The van der Waals surface area contributed by atoms with Gasteiger partial charge in [-0.3, -0.25) is 4.98 Å². The molecule has 0 amide bonds. The van der Waals surface area contributed by atoms with Crippen LogP contribution in [0.25, 0.3) is 10.8 Å². The topological polar surface area (TPSA) is 36.7 Å². The third-order valence-electron chi connectivity index (χ3n) is 2.15. The number of hydrogen-bond donors (Lipinski definition) is 0. The van der Waals surface area contributed by atoms with Gasteiger partial charge in [-0.05, 0) is 41.8 Å². The molecular formula is C11H8N2S. The minimum absolute atomic E-state index is 0.973. The Balaban J connectivity index is 2.76. The molecule has 68 valence electrons. The molecule has 0 bridgehead atoms. The van der Waals surface area contributed by atoms with Gasteiger partial charge in [0.1, 0.15) is 5.40 Å². The molecule has 0 radical (unpaired) electrons. The van der Waals surface area contributed by atoms with Gasteiger partial charge in [-0.1, -0.05) is 6.07 Å². The van der Waals surface area contributed by atoms with Crippen LogP contribution in [0.5, 0.6) is 0 Å². The lowest BCUT2D eigenvalue weighted by Gasteiger charge is -2.04. The van der Waals surface area contributed by atoms with E-state index >= 15 is 0 Å². The zero-order valence-corrected chi connectivity index (χ0v) is 8.51. The van der Waals surface area contributed by atoms with Crippen LogP contribution in [0, 0.1) is 17.6 Å². The molecule has 3 heteroatoms. The molecule has 2 rings (SSSR count). The van der Waals surface area contributed by atoms with E-state index in [2.05, 4.69) is 17.3 Å². The monoisotopic (exact) mass is 200 g/mol. The lowest BCUT2D eigenvalue weighted by Crippen LogP contribution is -1.82. The molecule has 0 saturated heterocycles. The van der Waals surface area contributed by atoms with Crippen LogP contribution in [0.3, 0.4) is 0 Å². The maximum Gasteiger partial charge on any atom is 0.138 e. The molecule has 2 aromatic rings. The van der Waals surface area contributed by atoms with E-state index in [1.54, 1.807) is 6.20 Å². The average molecular weight is 200 g/mol. The number of aromatic nitrogens is 1. The summed E-state index contributed by atoms with van der Waals surface area (Å²) in [4.78, 5) is 5.05. The van der Waals surface area contributed by atoms with Gasteiger partial charge in [0.05, 0.1) is 0 Å². The normalized spacial score (nSPS) is 10.0. The van der Waals surface area contributed by atoms with Crippen molar-refractivity contribution >= 4 is 22.5 Å². The first-order chi connectivity index (χ1) is 6.83. The first-order valence-electron chi connectivity index (χ1n) is 4.22. The Morgan fingerprint density at radius 2 is 2.14 bits per heavy atom. The maximum absolute atomic E-state index is 8.64. The van der Waals surface area contributed by atoms with Crippen LogP contribution in [-0.4, -0.2) is 4.98 Å². The molecule has 1 heterocycles. The van der Waals surface area contributed by atoms with Crippen molar-refractivity contribution in [3.63, 3.8) is 0 Å². The second-order valence-corrected chi connectivity index (χ2v) is 3.82. The summed E-state index contributed by atoms with van der Waals surface area (Å²) in [6.07, 6.45) is 3.58. The fourth-order valence-electron chi connectivity index (χ4n) is 1.45. The molecule has 14 heavy (non-hydrogen) atoms. The van der Waals surface area contributed by atoms with Crippen molar-refractivity contribution in [2.75, 3.05) is 0 Å². The highest BCUT2D eigenvalue weighted by atomic mass is 32.2. The molecule has 0 fully saturated rings. The zero-order valence-electron chi connectivity index (χ0n) is 7.69. The summed E-state index contributed by atoms with van der Waals surface area (Å²) in [5, 5.41) is 12.9. The number of hydrogen-bond acceptors (Lipinski definition) is 3. The Bertz CT molecular complexity index is 514. The Morgan fingerprint density at radius 3 is 2.93 bits per heavy atom. The second kappa shape index (κ2) is 3.69. The van der Waals surface area contributed by atoms with Gasteiger partial charge in [0.15, 0.2) is 0 Å². The van der Waals surface area contributed by atoms with E-state index in [1.165, 1.54) is 22.7 Å². The number of nitrogens with zero attached hydrogens (tertiary/aromatic N) is 2. The van der Waals surface area contributed by atoms with Crippen molar-refractivity contribution in [1.82, 2.24) is 4.98 Å². The van der Waals surface area contributed by atoms with Crippen molar-refractivity contribution in [2.45, 2.75) is 11.8 Å². The summed E-state index contributed by atoms with van der Waals surface area (Å²) >= 11 is 1.18. The van der Waals surface area contributed by atoms with Crippen LogP contribution in [-0.2, 0) is 0 Å². The van der Waals surface area contributed by atoms with Crippen molar-refractivity contribution < 1.29 is 0 Å². The van der Waals surface area contributed by atoms with Gasteiger partial charge in [0, 0.05) is 22.7 Å². The number of rotatable bonds is 1. The number of aryl methyl sites for hydroxylation is 1. The highest BCUT2D eigenvalue weighted by Crippen LogP contribution is 2.28. The predicted molar refractivity (Wildman–Crippen MR) is 58.0 cm³/mol. The molecule has 0 unspecified atom stereocenters. The minimum Gasteiger partial charge on any atom is -0.264 e. The minimum atomic E-state index is 0.973. The number of thioether (sulfide) groups is 1. The number of benzene rings is 1. The molecule has 1 aromatic heterocycles. The van der Waals surface area contributed by atoms with E-state index in [-0.39, 0.29) is 0 Å². The van der Waals surface area contributed by atoms with Gasteiger partial charge < -0.3 is 0 Å². The number of fused-ring (bicyclic) bond motifs is 1. The van der Waals surface area contributed by atoms with Gasteiger partial charge in [-0.15, -0.1) is 0 Å². The van der Waals surface area contributed by atoms with E-state index < -0.39 is 0 Å². The van der Waals surface area contributed by atoms with Crippen molar-refractivity contribution in [3.8, 4) is 5.40 Å². The van der Waals surface area contributed by atoms with Crippen LogP contribution in [0.1, 0.15) is 5.56 Å². The smallest absolute Gasteiger partial charge is 0.138 e. The van der Waals surface area contributed by atoms with E-state index in [4.69, 9.17) is 5.26 Å². The van der Waals surface area contributed by atoms with Gasteiger partial charge in [0.25, 0.3) is 0 Å².